The zero-order chi connectivity index (χ0) is 23.3. The summed E-state index contributed by atoms with van der Waals surface area (Å²) < 4.78 is 7.97. The van der Waals surface area contributed by atoms with Gasteiger partial charge in [-0.3, -0.25) is 4.79 Å². The van der Waals surface area contributed by atoms with Crippen LogP contribution < -0.4 is 5.73 Å². The van der Waals surface area contributed by atoms with Crippen molar-refractivity contribution in [1.82, 2.24) is 4.57 Å². The van der Waals surface area contributed by atoms with Crippen LogP contribution in [0.15, 0.2) is 77.5 Å². The second-order valence-electron chi connectivity index (χ2n) is 9.52. The van der Waals surface area contributed by atoms with Crippen LogP contribution in [0.3, 0.4) is 0 Å². The van der Waals surface area contributed by atoms with Gasteiger partial charge in [-0.2, -0.15) is 5.26 Å². The molecule has 1 unspecified atom stereocenters. The number of allylic oxidation sites excluding steroid dienone is 3. The number of aromatic nitrogens is 1. The molecule has 2 N–H and O–H groups in total. The molecule has 33 heavy (non-hydrogen) atoms. The number of hydrogen-bond donors (Lipinski definition) is 1. The van der Waals surface area contributed by atoms with Gasteiger partial charge < -0.3 is 15.0 Å². The highest BCUT2D eigenvalue weighted by Crippen LogP contribution is 2.49. The van der Waals surface area contributed by atoms with Gasteiger partial charge >= 0.3 is 0 Å². The molecule has 3 aromatic rings. The fourth-order valence-corrected chi connectivity index (χ4v) is 5.24. The Morgan fingerprint density at radius 1 is 1.18 bits per heavy atom. The van der Waals surface area contributed by atoms with E-state index >= 15 is 0 Å². The molecule has 166 valence electrons. The van der Waals surface area contributed by atoms with Crippen molar-refractivity contribution in [3.8, 4) is 6.07 Å². The van der Waals surface area contributed by atoms with Gasteiger partial charge in [-0.25, -0.2) is 0 Å². The Morgan fingerprint density at radius 2 is 1.91 bits per heavy atom. The van der Waals surface area contributed by atoms with E-state index < -0.39 is 5.92 Å². The van der Waals surface area contributed by atoms with E-state index in [1.807, 2.05) is 68.6 Å². The SMILES string of the molecule is CC1(C)CC(=O)C2=C(C1)OC(N)=C(C#N)C2c1cn(Cc2ccccc2Cl)c2ccccc12. The topological polar surface area (TPSA) is 81.0 Å². The minimum Gasteiger partial charge on any atom is -0.444 e. The first-order chi connectivity index (χ1) is 15.8. The van der Waals surface area contributed by atoms with E-state index in [0.29, 0.717) is 35.7 Å². The van der Waals surface area contributed by atoms with Crippen LogP contribution in [0.25, 0.3) is 10.9 Å². The van der Waals surface area contributed by atoms with E-state index in [4.69, 9.17) is 22.1 Å². The molecule has 0 bridgehead atoms. The van der Waals surface area contributed by atoms with Crippen molar-refractivity contribution in [2.75, 3.05) is 0 Å². The third-order valence-corrected chi connectivity index (χ3v) is 6.87. The minimum absolute atomic E-state index is 0.00874. The lowest BCUT2D eigenvalue weighted by Crippen LogP contribution is -2.33. The summed E-state index contributed by atoms with van der Waals surface area (Å²) in [6.07, 6.45) is 3.02. The molecule has 1 aliphatic carbocycles. The molecule has 0 amide bonds. The lowest BCUT2D eigenvalue weighted by atomic mass is 9.70. The summed E-state index contributed by atoms with van der Waals surface area (Å²) in [7, 11) is 0. The lowest BCUT2D eigenvalue weighted by molar-refractivity contribution is -0.119. The zero-order valence-corrected chi connectivity index (χ0v) is 19.3. The van der Waals surface area contributed by atoms with Crippen molar-refractivity contribution in [3.63, 3.8) is 0 Å². The van der Waals surface area contributed by atoms with Gasteiger partial charge in [-0.15, -0.1) is 0 Å². The van der Waals surface area contributed by atoms with Crippen LogP contribution in [0.4, 0.5) is 0 Å². The van der Waals surface area contributed by atoms with E-state index in [1.54, 1.807) is 0 Å². The van der Waals surface area contributed by atoms with Crippen molar-refractivity contribution < 1.29 is 9.53 Å². The lowest BCUT2D eigenvalue weighted by Gasteiger charge is -2.37. The Balaban J connectivity index is 1.71. The number of nitriles is 1. The Kier molecular flexibility index (Phi) is 5.07. The average Bonchev–Trinajstić information content (AvgIpc) is 3.12. The summed E-state index contributed by atoms with van der Waals surface area (Å²) in [5.74, 6) is 0.115. The number of ketones is 1. The first kappa shape index (κ1) is 21.4. The molecule has 0 saturated heterocycles. The van der Waals surface area contributed by atoms with Crippen molar-refractivity contribution in [3.05, 3.63) is 93.7 Å². The normalized spacial score (nSPS) is 19.9. The highest BCUT2D eigenvalue weighted by atomic mass is 35.5. The summed E-state index contributed by atoms with van der Waals surface area (Å²) in [6.45, 7) is 4.65. The predicted octanol–water partition coefficient (Wildman–Crippen LogP) is 5.79. The molecule has 2 heterocycles. The summed E-state index contributed by atoms with van der Waals surface area (Å²) in [5.41, 5.74) is 9.70. The van der Waals surface area contributed by atoms with Gasteiger partial charge in [0.25, 0.3) is 0 Å². The maximum Gasteiger partial charge on any atom is 0.205 e. The van der Waals surface area contributed by atoms with Gasteiger partial charge in [-0.05, 0) is 28.7 Å². The molecule has 0 saturated carbocycles. The van der Waals surface area contributed by atoms with Crippen molar-refractivity contribution in [2.45, 2.75) is 39.2 Å². The van der Waals surface area contributed by atoms with E-state index in [1.165, 1.54) is 0 Å². The standard InChI is InChI=1S/C27H24ClN3O2/c1-27(2)11-22(32)25-23(12-27)33-26(30)18(13-29)24(25)19-15-31(21-10-6-4-8-17(19)21)14-16-7-3-5-9-20(16)28/h3-10,15,24H,11-12,14,30H2,1-2H3. The van der Waals surface area contributed by atoms with Crippen LogP contribution >= 0.6 is 11.6 Å². The number of fused-ring (bicyclic) bond motifs is 1. The Morgan fingerprint density at radius 3 is 2.67 bits per heavy atom. The van der Waals surface area contributed by atoms with E-state index in [9.17, 15) is 10.1 Å². The first-order valence-corrected chi connectivity index (χ1v) is 11.3. The quantitative estimate of drug-likeness (QED) is 0.539. The molecular formula is C27H24ClN3O2. The summed E-state index contributed by atoms with van der Waals surface area (Å²) in [5, 5.41) is 11.7. The summed E-state index contributed by atoms with van der Waals surface area (Å²) in [6, 6.07) is 18.0. The molecule has 1 aromatic heterocycles. The number of para-hydroxylation sites is 1. The summed E-state index contributed by atoms with van der Waals surface area (Å²) in [4.78, 5) is 13.3. The fraction of sp³-hybridized carbons (Fsp3) is 0.259. The largest absolute Gasteiger partial charge is 0.444 e. The number of carbonyl (C=O) groups excluding carboxylic acids is 1. The molecule has 1 aliphatic heterocycles. The second-order valence-corrected chi connectivity index (χ2v) is 9.93. The third-order valence-electron chi connectivity index (χ3n) is 6.50. The van der Waals surface area contributed by atoms with Gasteiger partial charge in [-0.1, -0.05) is 61.8 Å². The molecule has 0 fully saturated rings. The molecule has 6 heteroatoms. The number of halogens is 1. The Labute approximate surface area is 197 Å². The van der Waals surface area contributed by atoms with Crippen molar-refractivity contribution in [2.24, 2.45) is 11.1 Å². The first-order valence-electron chi connectivity index (χ1n) is 10.9. The average molecular weight is 458 g/mol. The van der Waals surface area contributed by atoms with Crippen molar-refractivity contribution in [1.29, 1.82) is 5.26 Å². The molecule has 0 spiro atoms. The van der Waals surface area contributed by atoms with Gasteiger partial charge in [0.05, 0.1) is 5.92 Å². The molecule has 5 rings (SSSR count). The van der Waals surface area contributed by atoms with Gasteiger partial charge in [0.1, 0.15) is 17.4 Å². The number of Topliss-reactive ketones (excluding diaryl/α,β-unsaturated/α-hetero) is 1. The van der Waals surface area contributed by atoms with Gasteiger partial charge in [0, 0.05) is 47.1 Å². The predicted molar refractivity (Wildman–Crippen MR) is 128 cm³/mol. The Bertz CT molecular complexity index is 1400. The molecular weight excluding hydrogens is 434 g/mol. The third kappa shape index (κ3) is 3.61. The fourth-order valence-electron chi connectivity index (χ4n) is 5.04. The van der Waals surface area contributed by atoms with Gasteiger partial charge in [0.15, 0.2) is 5.78 Å². The zero-order valence-electron chi connectivity index (χ0n) is 18.6. The number of rotatable bonds is 3. The summed E-state index contributed by atoms with van der Waals surface area (Å²) >= 11 is 6.43. The van der Waals surface area contributed by atoms with Gasteiger partial charge in [0.2, 0.25) is 5.88 Å². The minimum atomic E-state index is -0.556. The maximum atomic E-state index is 13.3. The highest BCUT2D eigenvalue weighted by molar-refractivity contribution is 6.31. The number of hydrogen-bond acceptors (Lipinski definition) is 4. The molecule has 5 nitrogen and oxygen atoms in total. The highest BCUT2D eigenvalue weighted by Gasteiger charge is 2.43. The molecule has 2 aliphatic rings. The number of benzene rings is 2. The number of nitrogens with two attached hydrogens (primary N) is 1. The smallest absolute Gasteiger partial charge is 0.205 e. The molecule has 0 radical (unpaired) electrons. The van der Waals surface area contributed by atoms with Crippen LogP contribution in [0, 0.1) is 16.7 Å². The van der Waals surface area contributed by atoms with Crippen LogP contribution in [-0.2, 0) is 16.1 Å². The Hall–Kier alpha value is -3.49. The van der Waals surface area contributed by atoms with Crippen LogP contribution in [0.5, 0.6) is 0 Å². The number of nitrogens with zero attached hydrogens (tertiary/aromatic N) is 2. The second kappa shape index (κ2) is 7.83. The molecule has 1 atom stereocenters. The number of ether oxygens (including phenoxy) is 1. The van der Waals surface area contributed by atoms with Crippen molar-refractivity contribution >= 4 is 28.3 Å². The van der Waals surface area contributed by atoms with Crippen LogP contribution in [0.2, 0.25) is 5.02 Å². The van der Waals surface area contributed by atoms with Crippen LogP contribution in [0.1, 0.15) is 43.7 Å². The van der Waals surface area contributed by atoms with E-state index in [0.717, 1.165) is 22.0 Å². The molecule has 2 aromatic carbocycles. The van der Waals surface area contributed by atoms with E-state index in [-0.39, 0.29) is 22.7 Å². The van der Waals surface area contributed by atoms with Crippen LogP contribution in [-0.4, -0.2) is 10.4 Å². The maximum absolute atomic E-state index is 13.3. The number of carbonyl (C=O) groups is 1. The monoisotopic (exact) mass is 457 g/mol. The van der Waals surface area contributed by atoms with E-state index in [2.05, 4.69) is 10.6 Å².